The Bertz CT molecular complexity index is 357. The van der Waals surface area contributed by atoms with Crippen LogP contribution in [-0.4, -0.2) is 44.0 Å². The molecule has 0 heterocycles. The summed E-state index contributed by atoms with van der Waals surface area (Å²) in [5.41, 5.74) is 0. The Kier molecular flexibility index (Phi) is 5.61. The molecule has 1 amide bonds. The van der Waals surface area contributed by atoms with E-state index in [1.807, 2.05) is 0 Å². The molecule has 15 heavy (non-hydrogen) atoms. The molecule has 7 heteroatoms. The number of hydrogen-bond donors (Lipinski definition) is 2. The molecular formula is C8H13NO5S. The second-order valence-corrected chi connectivity index (χ2v) is 5.21. The van der Waals surface area contributed by atoms with Crippen molar-refractivity contribution < 1.29 is 23.1 Å². The smallest absolute Gasteiger partial charge is 0.328 e. The van der Waals surface area contributed by atoms with Gasteiger partial charge < -0.3 is 10.4 Å². The van der Waals surface area contributed by atoms with Gasteiger partial charge >= 0.3 is 5.97 Å². The minimum atomic E-state index is -3.01. The SMILES string of the molecule is CS(=O)(=O)CCCNC(=O)/C=C/C(=O)O. The summed E-state index contributed by atoms with van der Waals surface area (Å²) in [6, 6.07) is 0. The van der Waals surface area contributed by atoms with Crippen molar-refractivity contribution in [1.29, 1.82) is 0 Å². The summed E-state index contributed by atoms with van der Waals surface area (Å²) in [4.78, 5) is 20.9. The third-order valence-electron chi connectivity index (χ3n) is 1.37. The number of nitrogens with one attached hydrogen (secondary N) is 1. The van der Waals surface area contributed by atoms with Crippen molar-refractivity contribution in [2.45, 2.75) is 6.42 Å². The van der Waals surface area contributed by atoms with E-state index in [1.54, 1.807) is 0 Å². The summed E-state index contributed by atoms with van der Waals surface area (Å²) >= 11 is 0. The summed E-state index contributed by atoms with van der Waals surface area (Å²) < 4.78 is 21.4. The van der Waals surface area contributed by atoms with Crippen LogP contribution in [-0.2, 0) is 19.4 Å². The third kappa shape index (κ3) is 10.6. The molecule has 0 saturated heterocycles. The van der Waals surface area contributed by atoms with E-state index >= 15 is 0 Å². The minimum absolute atomic E-state index is 0.00404. The molecule has 0 radical (unpaired) electrons. The molecule has 6 nitrogen and oxygen atoms in total. The fourth-order valence-electron chi connectivity index (χ4n) is 0.752. The van der Waals surface area contributed by atoms with Crippen molar-refractivity contribution in [2.75, 3.05) is 18.6 Å². The highest BCUT2D eigenvalue weighted by molar-refractivity contribution is 7.90. The molecule has 0 bridgehead atoms. The van der Waals surface area contributed by atoms with E-state index < -0.39 is 21.7 Å². The molecule has 2 N–H and O–H groups in total. The van der Waals surface area contributed by atoms with Crippen LogP contribution >= 0.6 is 0 Å². The van der Waals surface area contributed by atoms with E-state index in [0.717, 1.165) is 12.3 Å². The highest BCUT2D eigenvalue weighted by Crippen LogP contribution is 1.87. The number of amides is 1. The lowest BCUT2D eigenvalue weighted by atomic mass is 10.4. The van der Waals surface area contributed by atoms with Crippen LogP contribution in [0.25, 0.3) is 0 Å². The first-order valence-electron chi connectivity index (χ1n) is 4.18. The summed E-state index contributed by atoms with van der Waals surface area (Å²) in [7, 11) is -3.01. The first kappa shape index (κ1) is 13.6. The van der Waals surface area contributed by atoms with Gasteiger partial charge in [-0.15, -0.1) is 0 Å². The van der Waals surface area contributed by atoms with Crippen LogP contribution in [0.15, 0.2) is 12.2 Å². The molecule has 0 aromatic rings. The van der Waals surface area contributed by atoms with Crippen molar-refractivity contribution in [3.63, 3.8) is 0 Å². The molecule has 0 rings (SSSR count). The number of carboxylic acids is 1. The average Bonchev–Trinajstić information content (AvgIpc) is 2.07. The Balaban J connectivity index is 3.70. The maximum atomic E-state index is 10.9. The van der Waals surface area contributed by atoms with Gasteiger partial charge in [0.1, 0.15) is 9.84 Å². The highest BCUT2D eigenvalue weighted by atomic mass is 32.2. The topological polar surface area (TPSA) is 101 Å². The summed E-state index contributed by atoms with van der Waals surface area (Å²) in [5, 5.41) is 10.6. The molecule has 0 aliphatic carbocycles. The minimum Gasteiger partial charge on any atom is -0.478 e. The highest BCUT2D eigenvalue weighted by Gasteiger charge is 2.02. The first-order valence-corrected chi connectivity index (χ1v) is 6.24. The Labute approximate surface area is 87.9 Å². The second-order valence-electron chi connectivity index (χ2n) is 2.95. The van der Waals surface area contributed by atoms with Crippen molar-refractivity contribution in [2.24, 2.45) is 0 Å². The van der Waals surface area contributed by atoms with Crippen LogP contribution in [0.5, 0.6) is 0 Å². The van der Waals surface area contributed by atoms with E-state index in [0.29, 0.717) is 12.5 Å². The zero-order chi connectivity index (χ0) is 11.9. The van der Waals surface area contributed by atoms with Gasteiger partial charge in [-0.05, 0) is 6.42 Å². The van der Waals surface area contributed by atoms with Gasteiger partial charge in [0, 0.05) is 25.0 Å². The van der Waals surface area contributed by atoms with Crippen LogP contribution in [0.1, 0.15) is 6.42 Å². The molecule has 86 valence electrons. The lowest BCUT2D eigenvalue weighted by Crippen LogP contribution is -2.24. The predicted molar refractivity (Wildman–Crippen MR) is 54.1 cm³/mol. The lowest BCUT2D eigenvalue weighted by molar-refractivity contribution is -0.131. The zero-order valence-electron chi connectivity index (χ0n) is 8.26. The fourth-order valence-corrected chi connectivity index (χ4v) is 1.42. The van der Waals surface area contributed by atoms with Gasteiger partial charge in [-0.25, -0.2) is 13.2 Å². The molecule has 0 aromatic carbocycles. The normalized spacial score (nSPS) is 11.5. The largest absolute Gasteiger partial charge is 0.478 e. The van der Waals surface area contributed by atoms with Gasteiger partial charge in [-0.3, -0.25) is 4.79 Å². The Morgan fingerprint density at radius 2 is 1.93 bits per heavy atom. The number of hydrogen-bond acceptors (Lipinski definition) is 4. The monoisotopic (exact) mass is 235 g/mol. The Hall–Kier alpha value is -1.37. The Morgan fingerprint density at radius 1 is 1.33 bits per heavy atom. The van der Waals surface area contributed by atoms with Crippen molar-refractivity contribution in [3.8, 4) is 0 Å². The van der Waals surface area contributed by atoms with Crippen molar-refractivity contribution in [3.05, 3.63) is 12.2 Å². The van der Waals surface area contributed by atoms with Crippen molar-refractivity contribution >= 4 is 21.7 Å². The summed E-state index contributed by atoms with van der Waals surface area (Å²) in [6.07, 6.45) is 3.01. The summed E-state index contributed by atoms with van der Waals surface area (Å²) in [5.74, 6) is -1.76. The zero-order valence-corrected chi connectivity index (χ0v) is 9.08. The first-order chi connectivity index (χ1) is 6.81. The fraction of sp³-hybridized carbons (Fsp3) is 0.500. The molecular weight excluding hydrogens is 222 g/mol. The number of carboxylic acid groups (broad SMARTS) is 1. The van der Waals surface area contributed by atoms with Crippen LogP contribution in [0, 0.1) is 0 Å². The van der Waals surface area contributed by atoms with Gasteiger partial charge in [0.25, 0.3) is 0 Å². The van der Waals surface area contributed by atoms with Crippen LogP contribution in [0.3, 0.4) is 0 Å². The number of aliphatic carboxylic acids is 1. The standard InChI is InChI=1S/C8H13NO5S/c1-15(13,14)6-2-5-9-7(10)3-4-8(11)12/h3-4H,2,5-6H2,1H3,(H,9,10)(H,11,12)/b4-3+. The molecule has 0 aromatic heterocycles. The maximum absolute atomic E-state index is 10.9. The van der Waals surface area contributed by atoms with Gasteiger partial charge in [0.15, 0.2) is 0 Å². The number of rotatable bonds is 6. The predicted octanol–water partition coefficient (Wildman–Crippen LogP) is -0.822. The molecule has 0 unspecified atom stereocenters. The lowest BCUT2D eigenvalue weighted by Gasteiger charge is -2.00. The molecule has 0 aliphatic rings. The molecule has 0 aliphatic heterocycles. The third-order valence-corrected chi connectivity index (χ3v) is 2.40. The van der Waals surface area contributed by atoms with Gasteiger partial charge in [-0.1, -0.05) is 0 Å². The molecule has 0 atom stereocenters. The number of carbonyl (C=O) groups excluding carboxylic acids is 1. The summed E-state index contributed by atoms with van der Waals surface area (Å²) in [6.45, 7) is 0.204. The molecule has 0 fully saturated rings. The van der Waals surface area contributed by atoms with Crippen molar-refractivity contribution in [1.82, 2.24) is 5.32 Å². The average molecular weight is 235 g/mol. The van der Waals surface area contributed by atoms with E-state index in [2.05, 4.69) is 5.32 Å². The van der Waals surface area contributed by atoms with E-state index in [9.17, 15) is 18.0 Å². The van der Waals surface area contributed by atoms with Gasteiger partial charge in [0.2, 0.25) is 5.91 Å². The van der Waals surface area contributed by atoms with E-state index in [1.165, 1.54) is 0 Å². The van der Waals surface area contributed by atoms with Crippen LogP contribution in [0.4, 0.5) is 0 Å². The number of sulfone groups is 1. The Morgan fingerprint density at radius 3 is 2.40 bits per heavy atom. The van der Waals surface area contributed by atoms with Crippen LogP contribution < -0.4 is 5.32 Å². The molecule has 0 spiro atoms. The maximum Gasteiger partial charge on any atom is 0.328 e. The second kappa shape index (κ2) is 6.18. The van der Waals surface area contributed by atoms with Crippen LogP contribution in [0.2, 0.25) is 0 Å². The van der Waals surface area contributed by atoms with Gasteiger partial charge in [-0.2, -0.15) is 0 Å². The molecule has 0 saturated carbocycles. The van der Waals surface area contributed by atoms with E-state index in [-0.39, 0.29) is 12.3 Å². The number of carbonyl (C=O) groups is 2. The quantitative estimate of drug-likeness (QED) is 0.462. The van der Waals surface area contributed by atoms with E-state index in [4.69, 9.17) is 5.11 Å². The van der Waals surface area contributed by atoms with Gasteiger partial charge in [0.05, 0.1) is 5.75 Å².